The highest BCUT2D eigenvalue weighted by atomic mass is 16.4. The maximum atomic E-state index is 12.2. The average molecular weight is 240 g/mol. The van der Waals surface area contributed by atoms with Crippen LogP contribution in [0.2, 0.25) is 0 Å². The van der Waals surface area contributed by atoms with Crippen LogP contribution in [0.4, 0.5) is 0 Å². The number of nitrogens with zero attached hydrogens (tertiary/aromatic N) is 1. The van der Waals surface area contributed by atoms with E-state index in [2.05, 4.69) is 5.32 Å². The van der Waals surface area contributed by atoms with Crippen molar-refractivity contribution in [3.8, 4) is 0 Å². The van der Waals surface area contributed by atoms with Gasteiger partial charge < -0.3 is 15.3 Å². The molecular formula is C12H20N2O3. The standard InChI is InChI=1S/C12H20N2O3/c1-12(4-2-3-5-13-12)11(17)14-7-9(8-14)6-10(15)16/h9,13H,2-8H2,1H3,(H,15,16). The van der Waals surface area contributed by atoms with Gasteiger partial charge in [-0.15, -0.1) is 0 Å². The normalized spacial score (nSPS) is 29.8. The number of likely N-dealkylation sites (tertiary alicyclic amines) is 1. The summed E-state index contributed by atoms with van der Waals surface area (Å²) in [4.78, 5) is 24.6. The molecule has 2 aliphatic rings. The van der Waals surface area contributed by atoms with Gasteiger partial charge in [-0.3, -0.25) is 9.59 Å². The van der Waals surface area contributed by atoms with Crippen molar-refractivity contribution in [2.24, 2.45) is 5.92 Å². The second-order valence-electron chi connectivity index (χ2n) is 5.39. The first-order valence-corrected chi connectivity index (χ1v) is 6.27. The minimum Gasteiger partial charge on any atom is -0.481 e. The minimum absolute atomic E-state index is 0.138. The Morgan fingerprint density at radius 2 is 2.12 bits per heavy atom. The van der Waals surface area contributed by atoms with Crippen molar-refractivity contribution in [1.82, 2.24) is 10.2 Å². The van der Waals surface area contributed by atoms with Crippen molar-refractivity contribution in [1.29, 1.82) is 0 Å². The summed E-state index contributed by atoms with van der Waals surface area (Å²) in [5.41, 5.74) is -0.424. The molecule has 5 heteroatoms. The molecule has 2 fully saturated rings. The molecule has 2 heterocycles. The van der Waals surface area contributed by atoms with Gasteiger partial charge in [0.25, 0.3) is 0 Å². The van der Waals surface area contributed by atoms with Crippen LogP contribution in [0.25, 0.3) is 0 Å². The quantitative estimate of drug-likeness (QED) is 0.751. The maximum absolute atomic E-state index is 12.2. The predicted molar refractivity (Wildman–Crippen MR) is 62.6 cm³/mol. The number of rotatable bonds is 3. The van der Waals surface area contributed by atoms with Gasteiger partial charge >= 0.3 is 5.97 Å². The summed E-state index contributed by atoms with van der Waals surface area (Å²) >= 11 is 0. The summed E-state index contributed by atoms with van der Waals surface area (Å²) in [5.74, 6) is -0.494. The van der Waals surface area contributed by atoms with Gasteiger partial charge in [-0.05, 0) is 32.7 Å². The number of hydrogen-bond donors (Lipinski definition) is 2. The van der Waals surface area contributed by atoms with E-state index in [1.807, 2.05) is 6.92 Å². The number of amides is 1. The number of carbonyl (C=O) groups excluding carboxylic acids is 1. The molecule has 2 N–H and O–H groups in total. The first-order valence-electron chi connectivity index (χ1n) is 6.27. The predicted octanol–water partition coefficient (Wildman–Crippen LogP) is 0.452. The van der Waals surface area contributed by atoms with E-state index in [-0.39, 0.29) is 18.2 Å². The van der Waals surface area contributed by atoms with Gasteiger partial charge in [-0.25, -0.2) is 0 Å². The number of piperidine rings is 1. The molecule has 5 nitrogen and oxygen atoms in total. The highest BCUT2D eigenvalue weighted by Gasteiger charge is 2.42. The lowest BCUT2D eigenvalue weighted by atomic mass is 9.86. The van der Waals surface area contributed by atoms with E-state index in [1.165, 1.54) is 0 Å². The van der Waals surface area contributed by atoms with Crippen molar-refractivity contribution in [3.63, 3.8) is 0 Å². The van der Waals surface area contributed by atoms with E-state index >= 15 is 0 Å². The number of carboxylic acids is 1. The molecule has 0 spiro atoms. The van der Waals surface area contributed by atoms with Crippen LogP contribution in [0, 0.1) is 5.92 Å². The van der Waals surface area contributed by atoms with Gasteiger partial charge in [-0.1, -0.05) is 0 Å². The number of carboxylic acid groups (broad SMARTS) is 1. The van der Waals surface area contributed by atoms with E-state index in [0.29, 0.717) is 13.1 Å². The average Bonchev–Trinajstić information content (AvgIpc) is 2.22. The minimum atomic E-state index is -0.774. The second kappa shape index (κ2) is 4.64. The van der Waals surface area contributed by atoms with Crippen LogP contribution in [0.5, 0.6) is 0 Å². The van der Waals surface area contributed by atoms with Crippen LogP contribution < -0.4 is 5.32 Å². The molecule has 96 valence electrons. The molecule has 0 aromatic heterocycles. The van der Waals surface area contributed by atoms with E-state index < -0.39 is 11.5 Å². The Balaban J connectivity index is 1.84. The number of aliphatic carboxylic acids is 1. The van der Waals surface area contributed by atoms with Crippen LogP contribution >= 0.6 is 0 Å². The monoisotopic (exact) mass is 240 g/mol. The first kappa shape index (κ1) is 12.4. The second-order valence-corrected chi connectivity index (χ2v) is 5.39. The molecule has 17 heavy (non-hydrogen) atoms. The van der Waals surface area contributed by atoms with Crippen LogP contribution in [-0.4, -0.2) is 47.1 Å². The lowest BCUT2D eigenvalue weighted by molar-refractivity contribution is -0.149. The molecule has 1 atom stereocenters. The Kier molecular flexibility index (Phi) is 3.38. The molecule has 0 aliphatic carbocycles. The molecule has 0 aromatic rings. The third-order valence-corrected chi connectivity index (χ3v) is 3.80. The summed E-state index contributed by atoms with van der Waals surface area (Å²) in [5, 5.41) is 11.9. The smallest absolute Gasteiger partial charge is 0.303 e. The molecule has 0 bridgehead atoms. The van der Waals surface area contributed by atoms with E-state index in [0.717, 1.165) is 25.8 Å². The lowest BCUT2D eigenvalue weighted by Gasteiger charge is -2.45. The zero-order chi connectivity index (χ0) is 12.5. The topological polar surface area (TPSA) is 69.6 Å². The van der Waals surface area contributed by atoms with E-state index in [4.69, 9.17) is 5.11 Å². The molecule has 2 aliphatic heterocycles. The number of carbonyl (C=O) groups is 2. The van der Waals surface area contributed by atoms with Crippen LogP contribution in [0.15, 0.2) is 0 Å². The van der Waals surface area contributed by atoms with E-state index in [9.17, 15) is 9.59 Å². The largest absolute Gasteiger partial charge is 0.481 e. The zero-order valence-electron chi connectivity index (χ0n) is 10.2. The van der Waals surface area contributed by atoms with Crippen molar-refractivity contribution >= 4 is 11.9 Å². The fourth-order valence-corrected chi connectivity index (χ4v) is 2.70. The Labute approximate surface area is 101 Å². The third kappa shape index (κ3) is 2.60. The summed E-state index contributed by atoms with van der Waals surface area (Å²) < 4.78 is 0. The molecule has 2 saturated heterocycles. The van der Waals surface area contributed by atoms with Crippen molar-refractivity contribution in [2.45, 2.75) is 38.1 Å². The SMILES string of the molecule is CC1(C(=O)N2CC(CC(=O)O)C2)CCCCN1. The lowest BCUT2D eigenvalue weighted by Crippen LogP contribution is -2.63. The highest BCUT2D eigenvalue weighted by Crippen LogP contribution is 2.27. The van der Waals surface area contributed by atoms with Crippen molar-refractivity contribution in [3.05, 3.63) is 0 Å². The molecule has 2 rings (SSSR count). The summed E-state index contributed by atoms with van der Waals surface area (Å²) in [7, 11) is 0. The van der Waals surface area contributed by atoms with E-state index in [1.54, 1.807) is 4.90 Å². The molecular weight excluding hydrogens is 220 g/mol. The van der Waals surface area contributed by atoms with Gasteiger partial charge in [0, 0.05) is 19.0 Å². The molecule has 0 radical (unpaired) electrons. The van der Waals surface area contributed by atoms with Gasteiger partial charge in [0.2, 0.25) is 5.91 Å². The van der Waals surface area contributed by atoms with Crippen molar-refractivity contribution < 1.29 is 14.7 Å². The Hall–Kier alpha value is -1.10. The molecule has 0 saturated carbocycles. The molecule has 0 aromatic carbocycles. The summed E-state index contributed by atoms with van der Waals surface area (Å²) in [6.07, 6.45) is 3.27. The Morgan fingerprint density at radius 3 is 2.65 bits per heavy atom. The first-order chi connectivity index (χ1) is 8.01. The third-order valence-electron chi connectivity index (χ3n) is 3.80. The molecule has 1 unspecified atom stereocenters. The van der Waals surface area contributed by atoms with Crippen LogP contribution in [0.1, 0.15) is 32.6 Å². The van der Waals surface area contributed by atoms with Gasteiger partial charge in [0.1, 0.15) is 0 Å². The summed E-state index contributed by atoms with van der Waals surface area (Å²) in [6.45, 7) is 4.05. The fourth-order valence-electron chi connectivity index (χ4n) is 2.70. The van der Waals surface area contributed by atoms with Gasteiger partial charge in [0.15, 0.2) is 0 Å². The maximum Gasteiger partial charge on any atom is 0.303 e. The van der Waals surface area contributed by atoms with Gasteiger partial charge in [0.05, 0.1) is 12.0 Å². The fraction of sp³-hybridized carbons (Fsp3) is 0.833. The van der Waals surface area contributed by atoms with Crippen LogP contribution in [0.3, 0.4) is 0 Å². The Morgan fingerprint density at radius 1 is 1.41 bits per heavy atom. The van der Waals surface area contributed by atoms with Gasteiger partial charge in [-0.2, -0.15) is 0 Å². The highest BCUT2D eigenvalue weighted by molar-refractivity contribution is 5.87. The zero-order valence-corrected chi connectivity index (χ0v) is 10.2. The number of hydrogen-bond acceptors (Lipinski definition) is 3. The Bertz CT molecular complexity index is 318. The molecule has 1 amide bonds. The van der Waals surface area contributed by atoms with Crippen LogP contribution in [-0.2, 0) is 9.59 Å². The van der Waals surface area contributed by atoms with Crippen molar-refractivity contribution in [2.75, 3.05) is 19.6 Å². The number of nitrogens with one attached hydrogen (secondary N) is 1. The summed E-state index contributed by atoms with van der Waals surface area (Å²) in [6, 6.07) is 0.